The smallest absolute Gasteiger partial charge is 0.170 e. The minimum absolute atomic E-state index is 0.0342. The molecule has 0 radical (unpaired) electrons. The molecule has 1 rings (SSSR count). The molecule has 0 aliphatic rings. The van der Waals surface area contributed by atoms with Crippen LogP contribution in [0.4, 0.5) is 4.39 Å². The van der Waals surface area contributed by atoms with E-state index in [2.05, 4.69) is 15.9 Å². The van der Waals surface area contributed by atoms with Crippen LogP contribution in [0, 0.1) is 12.7 Å². The summed E-state index contributed by atoms with van der Waals surface area (Å²) in [6, 6.07) is 1.54. The van der Waals surface area contributed by atoms with Crippen LogP contribution in [-0.2, 0) is 6.54 Å². The van der Waals surface area contributed by atoms with E-state index in [1.165, 1.54) is 0 Å². The molecule has 0 spiro atoms. The zero-order valence-electron chi connectivity index (χ0n) is 6.93. The zero-order valence-corrected chi connectivity index (χ0v) is 8.52. The van der Waals surface area contributed by atoms with Gasteiger partial charge in [0.05, 0.1) is 4.47 Å². The van der Waals surface area contributed by atoms with E-state index >= 15 is 0 Å². The second kappa shape index (κ2) is 4.04. The molecule has 1 aromatic rings. The second-order valence-corrected chi connectivity index (χ2v) is 3.46. The molecule has 0 aliphatic heterocycles. The summed E-state index contributed by atoms with van der Waals surface area (Å²) in [5.41, 5.74) is 2.77. The normalized spacial score (nSPS) is 10.5. The van der Waals surface area contributed by atoms with Gasteiger partial charge < -0.3 is 10.3 Å². The van der Waals surface area contributed by atoms with Gasteiger partial charge in [0, 0.05) is 12.1 Å². The van der Waals surface area contributed by atoms with Gasteiger partial charge in [0.2, 0.25) is 0 Å². The molecular formula is C8H9BrFNO2. The molecule has 0 aliphatic carbocycles. The maximum atomic E-state index is 13.2. The number of hydrogen-bond donors (Lipinski definition) is 3. The van der Waals surface area contributed by atoms with Crippen molar-refractivity contribution >= 4 is 15.9 Å². The van der Waals surface area contributed by atoms with Crippen molar-refractivity contribution in [3.05, 3.63) is 27.5 Å². The molecule has 5 heteroatoms. The van der Waals surface area contributed by atoms with Crippen LogP contribution in [0.1, 0.15) is 11.1 Å². The Hall–Kier alpha value is -0.650. The molecule has 0 saturated carbocycles. The van der Waals surface area contributed by atoms with Crippen molar-refractivity contribution in [2.75, 3.05) is 0 Å². The summed E-state index contributed by atoms with van der Waals surface area (Å²) in [7, 11) is 0. The van der Waals surface area contributed by atoms with Gasteiger partial charge in [-0.05, 0) is 28.4 Å². The standard InChI is InChI=1S/C8H9BrFNO2/c1-4-2-5(3-11-13)7(10)8(12)6(4)9/h2,11-13H,3H2,1H3. The van der Waals surface area contributed by atoms with Crippen molar-refractivity contribution in [3.8, 4) is 5.75 Å². The highest BCUT2D eigenvalue weighted by atomic mass is 79.9. The summed E-state index contributed by atoms with van der Waals surface area (Å²) in [6.07, 6.45) is 0. The van der Waals surface area contributed by atoms with E-state index in [0.29, 0.717) is 10.0 Å². The van der Waals surface area contributed by atoms with Crippen LogP contribution in [0.25, 0.3) is 0 Å². The molecule has 0 atom stereocenters. The lowest BCUT2D eigenvalue weighted by Gasteiger charge is -2.07. The Labute approximate surface area is 83.3 Å². The molecule has 1 aromatic carbocycles. The van der Waals surface area contributed by atoms with E-state index in [0.717, 1.165) is 0 Å². The van der Waals surface area contributed by atoms with E-state index in [9.17, 15) is 9.50 Å². The van der Waals surface area contributed by atoms with Crippen LogP contribution in [0.2, 0.25) is 0 Å². The molecule has 0 unspecified atom stereocenters. The van der Waals surface area contributed by atoms with Crippen molar-refractivity contribution in [2.24, 2.45) is 0 Å². The molecule has 0 heterocycles. The van der Waals surface area contributed by atoms with E-state index < -0.39 is 11.6 Å². The fraction of sp³-hybridized carbons (Fsp3) is 0.250. The summed E-state index contributed by atoms with van der Waals surface area (Å²) in [5, 5.41) is 17.6. The molecule has 3 N–H and O–H groups in total. The van der Waals surface area contributed by atoms with Crippen LogP contribution in [-0.4, -0.2) is 10.3 Å². The first-order valence-electron chi connectivity index (χ1n) is 3.61. The summed E-state index contributed by atoms with van der Waals surface area (Å²) >= 11 is 3.04. The lowest BCUT2D eigenvalue weighted by molar-refractivity contribution is 0.159. The quantitative estimate of drug-likeness (QED) is 0.704. The topological polar surface area (TPSA) is 52.5 Å². The minimum Gasteiger partial charge on any atom is -0.504 e. The van der Waals surface area contributed by atoms with Gasteiger partial charge >= 0.3 is 0 Å². The van der Waals surface area contributed by atoms with Gasteiger partial charge in [0.1, 0.15) is 0 Å². The van der Waals surface area contributed by atoms with E-state index in [1.807, 2.05) is 5.48 Å². The van der Waals surface area contributed by atoms with Crippen LogP contribution >= 0.6 is 15.9 Å². The Morgan fingerprint density at radius 2 is 2.23 bits per heavy atom. The Morgan fingerprint density at radius 3 is 2.77 bits per heavy atom. The van der Waals surface area contributed by atoms with Crippen LogP contribution in [0.5, 0.6) is 5.75 Å². The summed E-state index contributed by atoms with van der Waals surface area (Å²) in [5.74, 6) is -1.15. The fourth-order valence-electron chi connectivity index (χ4n) is 1.04. The Morgan fingerprint density at radius 1 is 1.62 bits per heavy atom. The number of benzene rings is 1. The molecule has 0 bridgehead atoms. The number of hydrogen-bond acceptors (Lipinski definition) is 3. The first kappa shape index (κ1) is 10.4. The number of halogens is 2. The molecule has 0 fully saturated rings. The Balaban J connectivity index is 3.24. The first-order valence-corrected chi connectivity index (χ1v) is 4.40. The van der Waals surface area contributed by atoms with Crippen molar-refractivity contribution < 1.29 is 14.7 Å². The highest BCUT2D eigenvalue weighted by Gasteiger charge is 2.13. The van der Waals surface area contributed by atoms with Crippen molar-refractivity contribution in [2.45, 2.75) is 13.5 Å². The van der Waals surface area contributed by atoms with Gasteiger partial charge in [-0.15, -0.1) is 0 Å². The second-order valence-electron chi connectivity index (χ2n) is 2.66. The monoisotopic (exact) mass is 249 g/mol. The maximum absolute atomic E-state index is 13.2. The summed E-state index contributed by atoms with van der Waals surface area (Å²) < 4.78 is 13.5. The number of aromatic hydroxyl groups is 1. The third-order valence-corrected chi connectivity index (χ3v) is 2.71. The third-order valence-electron chi connectivity index (χ3n) is 1.70. The van der Waals surface area contributed by atoms with Gasteiger partial charge in [0.15, 0.2) is 11.6 Å². The maximum Gasteiger partial charge on any atom is 0.170 e. The molecule has 0 aromatic heterocycles. The van der Waals surface area contributed by atoms with E-state index in [-0.39, 0.29) is 12.1 Å². The lowest BCUT2D eigenvalue weighted by Crippen LogP contribution is -2.08. The van der Waals surface area contributed by atoms with Crippen LogP contribution in [0.3, 0.4) is 0 Å². The predicted molar refractivity (Wildman–Crippen MR) is 49.1 cm³/mol. The SMILES string of the molecule is Cc1cc(CNO)c(F)c(O)c1Br. The van der Waals surface area contributed by atoms with Gasteiger partial charge in [-0.2, -0.15) is 0 Å². The first-order chi connectivity index (χ1) is 6.07. The molecule has 13 heavy (non-hydrogen) atoms. The van der Waals surface area contributed by atoms with Crippen LogP contribution in [0.15, 0.2) is 10.5 Å². The number of aryl methyl sites for hydroxylation is 1. The van der Waals surface area contributed by atoms with Gasteiger partial charge in [-0.1, -0.05) is 6.07 Å². The van der Waals surface area contributed by atoms with Crippen LogP contribution < -0.4 is 5.48 Å². The molecule has 3 nitrogen and oxygen atoms in total. The summed E-state index contributed by atoms with van der Waals surface area (Å²) in [6.45, 7) is 1.69. The van der Waals surface area contributed by atoms with Gasteiger partial charge in [-0.3, -0.25) is 0 Å². The van der Waals surface area contributed by atoms with Crippen molar-refractivity contribution in [3.63, 3.8) is 0 Å². The molecule has 0 amide bonds. The highest BCUT2D eigenvalue weighted by Crippen LogP contribution is 2.32. The largest absolute Gasteiger partial charge is 0.504 e. The summed E-state index contributed by atoms with van der Waals surface area (Å²) in [4.78, 5) is 0. The number of rotatable bonds is 2. The average molecular weight is 250 g/mol. The van der Waals surface area contributed by atoms with Gasteiger partial charge in [-0.25, -0.2) is 9.87 Å². The fourth-order valence-corrected chi connectivity index (χ4v) is 1.33. The van der Waals surface area contributed by atoms with Crippen molar-refractivity contribution in [1.82, 2.24) is 5.48 Å². The Kier molecular flexibility index (Phi) is 3.24. The number of nitrogens with one attached hydrogen (secondary N) is 1. The van der Waals surface area contributed by atoms with Crippen molar-refractivity contribution in [1.29, 1.82) is 0 Å². The molecule has 72 valence electrons. The number of phenolic OH excluding ortho intramolecular Hbond substituents is 1. The Bertz CT molecular complexity index is 330. The third kappa shape index (κ3) is 1.99. The molecular weight excluding hydrogens is 241 g/mol. The lowest BCUT2D eigenvalue weighted by atomic mass is 10.1. The minimum atomic E-state index is -0.723. The number of hydroxylamine groups is 1. The van der Waals surface area contributed by atoms with E-state index in [1.54, 1.807) is 13.0 Å². The van der Waals surface area contributed by atoms with E-state index in [4.69, 9.17) is 5.21 Å². The predicted octanol–water partition coefficient (Wildman–Crippen LogP) is 2.08. The zero-order chi connectivity index (χ0) is 10.0. The number of phenols is 1. The average Bonchev–Trinajstić information content (AvgIpc) is 2.11. The molecule has 0 saturated heterocycles. The van der Waals surface area contributed by atoms with Gasteiger partial charge in [0.25, 0.3) is 0 Å². The highest BCUT2D eigenvalue weighted by molar-refractivity contribution is 9.10.